The van der Waals surface area contributed by atoms with Crippen LogP contribution in [0, 0.1) is 0 Å². The van der Waals surface area contributed by atoms with E-state index >= 15 is 0 Å². The van der Waals surface area contributed by atoms with E-state index in [1.54, 1.807) is 38.1 Å². The van der Waals surface area contributed by atoms with Crippen LogP contribution < -0.4 is 11.2 Å². The molecular weight excluding hydrogens is 577 g/mol. The van der Waals surface area contributed by atoms with E-state index in [4.69, 9.17) is 4.42 Å². The molecule has 5 rings (SSSR count). The number of aromatic nitrogens is 3. The van der Waals surface area contributed by atoms with Gasteiger partial charge in [0.2, 0.25) is 5.09 Å². The number of carbonyl (C=O) groups is 1. The Morgan fingerprint density at radius 1 is 1.14 bits per heavy atom. The van der Waals surface area contributed by atoms with Crippen LogP contribution in [-0.4, -0.2) is 45.2 Å². The standard InChI is InChI=1S/C28H27F3N4O6S/c1-17(2)35-26(37)19(16-33(27(35)38)20-10-12-24(32-15-20)28(29,30)31)9-11-22(36)21-7-5-13-34(21)42(39,40)25-14-18-6-3-4-8-23(18)41-25/h3-4,6,8,10,12,14-17,21H,5,7,9,11,13H2,1-2H3/t21-/m0/s1. The zero-order chi connectivity index (χ0) is 30.4. The van der Waals surface area contributed by atoms with E-state index in [1.165, 1.54) is 12.3 Å². The van der Waals surface area contributed by atoms with E-state index < -0.39 is 51.0 Å². The second-order valence-corrected chi connectivity index (χ2v) is 12.1. The van der Waals surface area contributed by atoms with E-state index in [0.717, 1.165) is 31.8 Å². The van der Waals surface area contributed by atoms with Crippen LogP contribution in [0.15, 0.2) is 74.0 Å². The lowest BCUT2D eigenvalue weighted by Gasteiger charge is -2.22. The third kappa shape index (κ3) is 5.43. The van der Waals surface area contributed by atoms with Gasteiger partial charge in [-0.1, -0.05) is 18.2 Å². The van der Waals surface area contributed by atoms with Gasteiger partial charge in [-0.05, 0) is 51.3 Å². The molecule has 0 aliphatic carbocycles. The highest BCUT2D eigenvalue weighted by Crippen LogP contribution is 2.31. The number of alkyl halides is 3. The molecule has 1 atom stereocenters. The minimum atomic E-state index is -4.67. The molecule has 0 N–H and O–H groups in total. The summed E-state index contributed by atoms with van der Waals surface area (Å²) in [4.78, 5) is 43.0. The Kier molecular flexibility index (Phi) is 7.70. The van der Waals surface area contributed by atoms with Crippen LogP contribution >= 0.6 is 0 Å². The summed E-state index contributed by atoms with van der Waals surface area (Å²) in [7, 11) is -4.12. The fourth-order valence-electron chi connectivity index (χ4n) is 5.11. The largest absolute Gasteiger partial charge is 0.443 e. The number of fused-ring (bicyclic) bond motifs is 1. The molecule has 0 radical (unpaired) electrons. The number of pyridine rings is 1. The summed E-state index contributed by atoms with van der Waals surface area (Å²) in [5, 5.41) is 0.346. The summed E-state index contributed by atoms with van der Waals surface area (Å²) in [5.74, 6) is -0.406. The summed E-state index contributed by atoms with van der Waals surface area (Å²) >= 11 is 0. The average molecular weight is 605 g/mol. The fourth-order valence-corrected chi connectivity index (χ4v) is 6.74. The lowest BCUT2D eigenvalue weighted by atomic mass is 10.0. The number of hydrogen-bond acceptors (Lipinski definition) is 7. The van der Waals surface area contributed by atoms with Gasteiger partial charge in [0.1, 0.15) is 11.3 Å². The summed E-state index contributed by atoms with van der Waals surface area (Å²) in [6.07, 6.45) is -2.15. The highest BCUT2D eigenvalue weighted by atomic mass is 32.2. The number of furan rings is 1. The Morgan fingerprint density at radius 2 is 1.88 bits per heavy atom. The van der Waals surface area contributed by atoms with E-state index in [9.17, 15) is 36.0 Å². The maximum absolute atomic E-state index is 13.4. The number of carbonyl (C=O) groups excluding carboxylic acids is 1. The van der Waals surface area contributed by atoms with Gasteiger partial charge in [0.25, 0.3) is 15.6 Å². The zero-order valence-corrected chi connectivity index (χ0v) is 23.5. The summed E-state index contributed by atoms with van der Waals surface area (Å²) < 4.78 is 74.4. The van der Waals surface area contributed by atoms with Crippen molar-refractivity contribution in [2.45, 2.75) is 62.9 Å². The van der Waals surface area contributed by atoms with E-state index in [1.807, 2.05) is 0 Å². The maximum atomic E-state index is 13.4. The molecule has 222 valence electrons. The average Bonchev–Trinajstić information content (AvgIpc) is 3.61. The molecule has 1 saturated heterocycles. The van der Waals surface area contributed by atoms with Crippen molar-refractivity contribution in [3.05, 3.63) is 87.0 Å². The second-order valence-electron chi connectivity index (χ2n) is 10.3. The van der Waals surface area contributed by atoms with Crippen LogP contribution in [0.25, 0.3) is 16.7 Å². The zero-order valence-electron chi connectivity index (χ0n) is 22.7. The molecule has 1 aliphatic rings. The molecule has 4 heterocycles. The van der Waals surface area contributed by atoms with Crippen LogP contribution in [0.5, 0.6) is 0 Å². The molecule has 1 aromatic carbocycles. The minimum Gasteiger partial charge on any atom is -0.443 e. The molecule has 0 amide bonds. The quantitative estimate of drug-likeness (QED) is 0.297. The van der Waals surface area contributed by atoms with Gasteiger partial charge in [-0.15, -0.1) is 0 Å². The van der Waals surface area contributed by atoms with Crippen molar-refractivity contribution in [2.24, 2.45) is 0 Å². The molecule has 4 aromatic rings. The van der Waals surface area contributed by atoms with Gasteiger partial charge in [-0.2, -0.15) is 17.5 Å². The van der Waals surface area contributed by atoms with Crippen LogP contribution in [-0.2, 0) is 27.4 Å². The van der Waals surface area contributed by atoms with Crippen molar-refractivity contribution in [1.82, 2.24) is 18.4 Å². The third-order valence-corrected chi connectivity index (χ3v) is 8.97. The van der Waals surface area contributed by atoms with Gasteiger partial charge in [0, 0.05) is 42.2 Å². The number of aryl methyl sites for hydroxylation is 1. The molecule has 3 aromatic heterocycles. The molecule has 0 unspecified atom stereocenters. The predicted octanol–water partition coefficient (Wildman–Crippen LogP) is 4.10. The summed E-state index contributed by atoms with van der Waals surface area (Å²) in [6.45, 7) is 3.33. The number of rotatable bonds is 8. The Balaban J connectivity index is 1.41. The molecular formula is C28H27F3N4O6S. The molecule has 1 aliphatic heterocycles. The molecule has 0 saturated carbocycles. The molecule has 14 heteroatoms. The first-order valence-corrected chi connectivity index (χ1v) is 14.7. The minimum absolute atomic E-state index is 0.00822. The number of Topliss-reactive ketones (excluding diaryl/α,β-unsaturated/α-hetero) is 1. The van der Waals surface area contributed by atoms with Crippen molar-refractivity contribution in [3.63, 3.8) is 0 Å². The fraction of sp³-hybridized carbons (Fsp3) is 0.357. The highest BCUT2D eigenvalue weighted by molar-refractivity contribution is 7.89. The topological polar surface area (TPSA) is 124 Å². The number of ketones is 1. The van der Waals surface area contributed by atoms with Gasteiger partial charge in [-0.25, -0.2) is 18.2 Å². The summed E-state index contributed by atoms with van der Waals surface area (Å²) in [5.41, 5.74) is -2.07. The first-order valence-electron chi connectivity index (χ1n) is 13.2. The van der Waals surface area contributed by atoms with Crippen molar-refractivity contribution in [1.29, 1.82) is 0 Å². The van der Waals surface area contributed by atoms with Gasteiger partial charge in [-0.3, -0.25) is 18.7 Å². The number of halogens is 3. The SMILES string of the molecule is CC(C)n1c(=O)c(CCC(=O)[C@@H]2CCCN2S(=O)(=O)c2cc3ccccc3o2)cn(-c2ccc(C(F)(F)F)nc2)c1=O. The first kappa shape index (κ1) is 29.5. The van der Waals surface area contributed by atoms with E-state index in [2.05, 4.69) is 4.98 Å². The molecule has 42 heavy (non-hydrogen) atoms. The number of para-hydroxylation sites is 1. The maximum Gasteiger partial charge on any atom is 0.433 e. The van der Waals surface area contributed by atoms with Crippen LogP contribution in [0.2, 0.25) is 0 Å². The molecule has 0 bridgehead atoms. The highest BCUT2D eigenvalue weighted by Gasteiger charge is 2.40. The summed E-state index contributed by atoms with van der Waals surface area (Å²) in [6, 6.07) is 8.50. The Hall–Kier alpha value is -4.04. The number of sulfonamides is 1. The lowest BCUT2D eigenvalue weighted by Crippen LogP contribution is -2.42. The Bertz CT molecular complexity index is 1840. The van der Waals surface area contributed by atoms with Crippen molar-refractivity contribution in [2.75, 3.05) is 6.54 Å². The van der Waals surface area contributed by atoms with E-state index in [0.29, 0.717) is 23.8 Å². The van der Waals surface area contributed by atoms with Crippen LogP contribution in [0.4, 0.5) is 13.2 Å². The van der Waals surface area contributed by atoms with E-state index in [-0.39, 0.29) is 35.7 Å². The van der Waals surface area contributed by atoms with Crippen molar-refractivity contribution in [3.8, 4) is 5.69 Å². The number of benzene rings is 1. The molecule has 10 nitrogen and oxygen atoms in total. The lowest BCUT2D eigenvalue weighted by molar-refractivity contribution is -0.141. The van der Waals surface area contributed by atoms with Crippen LogP contribution in [0.3, 0.4) is 0 Å². The van der Waals surface area contributed by atoms with Gasteiger partial charge >= 0.3 is 11.9 Å². The number of hydrogen-bond donors (Lipinski definition) is 0. The van der Waals surface area contributed by atoms with Crippen LogP contribution in [0.1, 0.15) is 50.4 Å². The Labute approximate surface area is 238 Å². The first-order chi connectivity index (χ1) is 19.8. The van der Waals surface area contributed by atoms with Gasteiger partial charge < -0.3 is 4.42 Å². The number of nitrogens with zero attached hydrogens (tertiary/aromatic N) is 4. The Morgan fingerprint density at radius 3 is 2.52 bits per heavy atom. The van der Waals surface area contributed by atoms with Crippen molar-refractivity contribution < 1.29 is 30.8 Å². The molecule has 0 spiro atoms. The third-order valence-electron chi connectivity index (χ3n) is 7.21. The predicted molar refractivity (Wildman–Crippen MR) is 146 cm³/mol. The monoisotopic (exact) mass is 604 g/mol. The van der Waals surface area contributed by atoms with Gasteiger partial charge in [0.05, 0.1) is 17.9 Å². The smallest absolute Gasteiger partial charge is 0.433 e. The normalized spacial score (nSPS) is 16.5. The van der Waals surface area contributed by atoms with Crippen molar-refractivity contribution >= 4 is 26.8 Å². The second kappa shape index (κ2) is 11.0. The van der Waals surface area contributed by atoms with Gasteiger partial charge in [0.15, 0.2) is 5.78 Å². The molecule has 1 fully saturated rings.